The van der Waals surface area contributed by atoms with Gasteiger partial charge < -0.3 is 10.2 Å². The Morgan fingerprint density at radius 2 is 1.96 bits per heavy atom. The van der Waals surface area contributed by atoms with Crippen molar-refractivity contribution in [3.8, 4) is 0 Å². The van der Waals surface area contributed by atoms with Gasteiger partial charge in [0.05, 0.1) is 5.71 Å². The van der Waals surface area contributed by atoms with Gasteiger partial charge in [-0.1, -0.05) is 29.4 Å². The molecule has 0 spiro atoms. The molecular formula is C17H14F2N2O2. The van der Waals surface area contributed by atoms with E-state index >= 15 is 0 Å². The van der Waals surface area contributed by atoms with E-state index in [-0.39, 0.29) is 30.5 Å². The number of carbonyl (C=O) groups excluding carboxylic acids is 1. The summed E-state index contributed by atoms with van der Waals surface area (Å²) in [6.45, 7) is 0.272. The number of benzene rings is 2. The Balaban J connectivity index is 1.55. The van der Waals surface area contributed by atoms with Crippen LogP contribution in [0.4, 0.5) is 8.78 Å². The van der Waals surface area contributed by atoms with Gasteiger partial charge in [0.15, 0.2) is 0 Å². The highest BCUT2D eigenvalue weighted by atomic mass is 19.1. The molecule has 1 amide bonds. The summed E-state index contributed by atoms with van der Waals surface area (Å²) < 4.78 is 26.0. The van der Waals surface area contributed by atoms with Crippen molar-refractivity contribution in [1.82, 2.24) is 5.32 Å². The molecule has 0 aromatic heterocycles. The minimum absolute atomic E-state index is 0.272. The number of nitrogens with zero attached hydrogens (tertiary/aromatic N) is 1. The van der Waals surface area contributed by atoms with Gasteiger partial charge in [-0.05, 0) is 29.8 Å². The Morgan fingerprint density at radius 1 is 1.17 bits per heavy atom. The van der Waals surface area contributed by atoms with Crippen LogP contribution in [-0.2, 0) is 16.2 Å². The van der Waals surface area contributed by atoms with Gasteiger partial charge in [-0.15, -0.1) is 0 Å². The van der Waals surface area contributed by atoms with Crippen LogP contribution in [0.2, 0.25) is 0 Å². The van der Waals surface area contributed by atoms with Gasteiger partial charge in [0.25, 0.3) is 5.91 Å². The first-order valence-corrected chi connectivity index (χ1v) is 7.12. The van der Waals surface area contributed by atoms with Gasteiger partial charge in [-0.25, -0.2) is 8.78 Å². The minimum atomic E-state index is -0.742. The van der Waals surface area contributed by atoms with Crippen LogP contribution in [0, 0.1) is 11.6 Å². The smallest absolute Gasteiger partial charge is 0.264 e. The fraction of sp³-hybridized carbons (Fsp3) is 0.176. The maximum atomic E-state index is 13.2. The number of nitrogens with one attached hydrogen (secondary N) is 1. The topological polar surface area (TPSA) is 50.7 Å². The second kappa shape index (κ2) is 6.56. The number of carbonyl (C=O) groups is 1. The Hall–Kier alpha value is -2.76. The molecule has 1 heterocycles. The lowest BCUT2D eigenvalue weighted by Crippen LogP contribution is -2.34. The van der Waals surface area contributed by atoms with E-state index in [4.69, 9.17) is 4.84 Å². The van der Waals surface area contributed by atoms with Crippen LogP contribution in [-0.4, -0.2) is 17.7 Å². The van der Waals surface area contributed by atoms with E-state index < -0.39 is 6.10 Å². The van der Waals surface area contributed by atoms with Crippen LogP contribution in [0.15, 0.2) is 53.7 Å². The van der Waals surface area contributed by atoms with Crippen LogP contribution in [0.3, 0.4) is 0 Å². The molecule has 3 rings (SSSR count). The Kier molecular flexibility index (Phi) is 4.32. The molecule has 0 fully saturated rings. The zero-order chi connectivity index (χ0) is 16.2. The maximum Gasteiger partial charge on any atom is 0.264 e. The Labute approximate surface area is 131 Å². The first-order chi connectivity index (χ1) is 11.1. The van der Waals surface area contributed by atoms with Crippen LogP contribution < -0.4 is 5.32 Å². The molecule has 0 saturated heterocycles. The van der Waals surface area contributed by atoms with E-state index in [1.807, 2.05) is 0 Å². The molecule has 1 aliphatic heterocycles. The van der Waals surface area contributed by atoms with Crippen LogP contribution in [0.1, 0.15) is 17.5 Å². The fourth-order valence-corrected chi connectivity index (χ4v) is 2.26. The summed E-state index contributed by atoms with van der Waals surface area (Å²) in [6.07, 6.45) is -0.465. The summed E-state index contributed by atoms with van der Waals surface area (Å²) >= 11 is 0. The second-order valence-electron chi connectivity index (χ2n) is 5.19. The molecule has 1 aliphatic rings. The molecule has 6 heteroatoms. The van der Waals surface area contributed by atoms with Gasteiger partial charge in [0, 0.05) is 18.5 Å². The van der Waals surface area contributed by atoms with E-state index in [0.29, 0.717) is 11.3 Å². The molecule has 1 unspecified atom stereocenters. The highest BCUT2D eigenvalue weighted by Crippen LogP contribution is 2.17. The average molecular weight is 316 g/mol. The SMILES string of the molecule is O=C(NCc1ccc(F)cc1)C1CC(c2cccc(F)c2)=NO1. The van der Waals surface area contributed by atoms with E-state index in [2.05, 4.69) is 10.5 Å². The zero-order valence-electron chi connectivity index (χ0n) is 12.1. The maximum absolute atomic E-state index is 13.2. The summed E-state index contributed by atoms with van der Waals surface area (Å²) in [6, 6.07) is 11.8. The number of hydrogen-bond donors (Lipinski definition) is 1. The number of hydrogen-bond acceptors (Lipinski definition) is 3. The summed E-state index contributed by atoms with van der Waals surface area (Å²) in [5.41, 5.74) is 1.91. The van der Waals surface area contributed by atoms with Crippen LogP contribution in [0.5, 0.6) is 0 Å². The van der Waals surface area contributed by atoms with Gasteiger partial charge >= 0.3 is 0 Å². The third kappa shape index (κ3) is 3.71. The Morgan fingerprint density at radius 3 is 2.70 bits per heavy atom. The van der Waals surface area contributed by atoms with Gasteiger partial charge in [0.1, 0.15) is 11.6 Å². The molecule has 1 N–H and O–H groups in total. The van der Waals surface area contributed by atoms with E-state index in [0.717, 1.165) is 5.56 Å². The van der Waals surface area contributed by atoms with Crippen molar-refractivity contribution >= 4 is 11.6 Å². The third-order valence-electron chi connectivity index (χ3n) is 3.50. The molecule has 1 atom stereocenters. The average Bonchev–Trinajstić information content (AvgIpc) is 3.04. The lowest BCUT2D eigenvalue weighted by atomic mass is 10.0. The van der Waals surface area contributed by atoms with Gasteiger partial charge in [-0.2, -0.15) is 0 Å². The summed E-state index contributed by atoms with van der Waals surface area (Å²) in [7, 11) is 0. The van der Waals surface area contributed by atoms with Crippen LogP contribution in [0.25, 0.3) is 0 Å². The van der Waals surface area contributed by atoms with Crippen molar-refractivity contribution in [2.75, 3.05) is 0 Å². The first kappa shape index (κ1) is 15.1. The predicted molar refractivity (Wildman–Crippen MR) is 80.7 cm³/mol. The molecule has 0 radical (unpaired) electrons. The normalized spacial score (nSPS) is 16.6. The monoisotopic (exact) mass is 316 g/mol. The first-order valence-electron chi connectivity index (χ1n) is 7.12. The predicted octanol–water partition coefficient (Wildman–Crippen LogP) is 2.77. The molecule has 0 saturated carbocycles. The van der Waals surface area contributed by atoms with Crippen LogP contribution >= 0.6 is 0 Å². The molecule has 0 aliphatic carbocycles. The van der Waals surface area contributed by atoms with Gasteiger partial charge in [0.2, 0.25) is 6.10 Å². The number of oxime groups is 1. The van der Waals surface area contributed by atoms with Crippen molar-refractivity contribution in [3.63, 3.8) is 0 Å². The lowest BCUT2D eigenvalue weighted by molar-refractivity contribution is -0.131. The largest absolute Gasteiger partial charge is 0.382 e. The fourth-order valence-electron chi connectivity index (χ4n) is 2.26. The number of rotatable bonds is 4. The number of halogens is 2. The molecule has 118 valence electrons. The molecular weight excluding hydrogens is 302 g/mol. The minimum Gasteiger partial charge on any atom is -0.382 e. The Bertz CT molecular complexity index is 745. The standard InChI is InChI=1S/C17H14F2N2O2/c18-13-6-4-11(5-7-13)10-20-17(22)16-9-15(21-23-16)12-2-1-3-14(19)8-12/h1-8,16H,9-10H2,(H,20,22). The van der Waals surface area contributed by atoms with Crippen molar-refractivity contribution in [1.29, 1.82) is 0 Å². The van der Waals surface area contributed by atoms with Gasteiger partial charge in [-0.3, -0.25) is 4.79 Å². The zero-order valence-corrected chi connectivity index (χ0v) is 12.1. The van der Waals surface area contributed by atoms with Crippen molar-refractivity contribution in [3.05, 3.63) is 71.3 Å². The summed E-state index contributed by atoms with van der Waals surface area (Å²) in [5, 5.41) is 6.57. The van der Waals surface area contributed by atoms with E-state index in [9.17, 15) is 13.6 Å². The molecule has 2 aromatic carbocycles. The molecule has 4 nitrogen and oxygen atoms in total. The lowest BCUT2D eigenvalue weighted by Gasteiger charge is -2.09. The van der Waals surface area contributed by atoms with Crippen molar-refractivity contribution < 1.29 is 18.4 Å². The van der Waals surface area contributed by atoms with E-state index in [1.165, 1.54) is 24.3 Å². The van der Waals surface area contributed by atoms with Crippen molar-refractivity contribution in [2.45, 2.75) is 19.1 Å². The quantitative estimate of drug-likeness (QED) is 0.943. The summed E-state index contributed by atoms with van der Waals surface area (Å²) in [4.78, 5) is 17.2. The number of amides is 1. The third-order valence-corrected chi connectivity index (χ3v) is 3.50. The molecule has 2 aromatic rings. The van der Waals surface area contributed by atoms with E-state index in [1.54, 1.807) is 24.3 Å². The van der Waals surface area contributed by atoms with Crippen molar-refractivity contribution in [2.24, 2.45) is 5.16 Å². The highest BCUT2D eigenvalue weighted by molar-refractivity contribution is 6.04. The summed E-state index contributed by atoms with van der Waals surface area (Å²) in [5.74, 6) is -1.01. The molecule has 0 bridgehead atoms. The second-order valence-corrected chi connectivity index (χ2v) is 5.19. The highest BCUT2D eigenvalue weighted by Gasteiger charge is 2.28. The molecule has 23 heavy (non-hydrogen) atoms.